The summed E-state index contributed by atoms with van der Waals surface area (Å²) in [4.78, 5) is 10.7. The Morgan fingerprint density at radius 1 is 1.50 bits per heavy atom. The van der Waals surface area contributed by atoms with E-state index in [-0.39, 0.29) is 6.04 Å². The van der Waals surface area contributed by atoms with Gasteiger partial charge in [0, 0.05) is 6.04 Å². The molecule has 0 unspecified atom stereocenters. The fourth-order valence-electron chi connectivity index (χ4n) is 1.61. The summed E-state index contributed by atoms with van der Waals surface area (Å²) in [6.07, 6.45) is 2.33. The Hall–Kier alpha value is -1.35. The smallest absolute Gasteiger partial charge is 0.335 e. The molecular weight excluding hydrogens is 178 g/mol. The van der Waals surface area contributed by atoms with Crippen molar-refractivity contribution < 1.29 is 9.90 Å². The van der Waals surface area contributed by atoms with Gasteiger partial charge in [-0.15, -0.1) is 0 Å². The minimum absolute atomic E-state index is 0.00861. The number of rotatable bonds is 3. The molecule has 1 aliphatic carbocycles. The van der Waals surface area contributed by atoms with E-state index in [1.165, 1.54) is 12.8 Å². The highest BCUT2D eigenvalue weighted by molar-refractivity contribution is 5.87. The van der Waals surface area contributed by atoms with Crippen molar-refractivity contribution in [2.24, 2.45) is 11.7 Å². The second-order valence-corrected chi connectivity index (χ2v) is 3.79. The molecule has 0 saturated heterocycles. The van der Waals surface area contributed by atoms with Crippen LogP contribution in [0.1, 0.15) is 34.8 Å². The fourth-order valence-corrected chi connectivity index (χ4v) is 1.61. The molecule has 1 fully saturated rings. The van der Waals surface area contributed by atoms with Crippen LogP contribution in [-0.2, 0) is 0 Å². The van der Waals surface area contributed by atoms with Crippen LogP contribution >= 0.6 is 0 Å². The number of carbonyl (C=O) groups is 1. The summed E-state index contributed by atoms with van der Waals surface area (Å²) < 4.78 is 0. The van der Waals surface area contributed by atoms with Crippen molar-refractivity contribution in [1.82, 2.24) is 0 Å². The first-order chi connectivity index (χ1) is 6.68. The minimum atomic E-state index is -0.894. The minimum Gasteiger partial charge on any atom is -0.478 e. The normalized spacial score (nSPS) is 17.8. The third-order valence-corrected chi connectivity index (χ3v) is 2.65. The summed E-state index contributed by atoms with van der Waals surface area (Å²) in [5, 5.41) is 8.80. The highest BCUT2D eigenvalue weighted by atomic mass is 16.4. The molecule has 3 heteroatoms. The van der Waals surface area contributed by atoms with Crippen molar-refractivity contribution in [2.45, 2.75) is 18.9 Å². The largest absolute Gasteiger partial charge is 0.478 e. The van der Waals surface area contributed by atoms with Crippen molar-refractivity contribution in [3.8, 4) is 0 Å². The Labute approximate surface area is 82.5 Å². The Morgan fingerprint density at radius 2 is 2.21 bits per heavy atom. The Balaban J connectivity index is 2.24. The number of carboxylic acid groups (broad SMARTS) is 1. The van der Waals surface area contributed by atoms with E-state index in [1.54, 1.807) is 18.2 Å². The van der Waals surface area contributed by atoms with Crippen molar-refractivity contribution in [3.63, 3.8) is 0 Å². The van der Waals surface area contributed by atoms with E-state index in [1.807, 2.05) is 6.07 Å². The first-order valence-corrected chi connectivity index (χ1v) is 4.77. The van der Waals surface area contributed by atoms with Crippen molar-refractivity contribution in [2.75, 3.05) is 0 Å². The zero-order chi connectivity index (χ0) is 10.1. The number of aromatic carboxylic acids is 1. The number of benzene rings is 1. The Kier molecular flexibility index (Phi) is 2.25. The monoisotopic (exact) mass is 191 g/mol. The lowest BCUT2D eigenvalue weighted by atomic mass is 10.0. The molecule has 0 heterocycles. The molecule has 0 amide bonds. The number of hydrogen-bond donors (Lipinski definition) is 2. The van der Waals surface area contributed by atoms with Crippen LogP contribution in [0.3, 0.4) is 0 Å². The molecule has 0 bridgehead atoms. The van der Waals surface area contributed by atoms with Gasteiger partial charge in [0.2, 0.25) is 0 Å². The molecule has 14 heavy (non-hydrogen) atoms. The van der Waals surface area contributed by atoms with E-state index < -0.39 is 5.97 Å². The molecule has 3 N–H and O–H groups in total. The van der Waals surface area contributed by atoms with Gasteiger partial charge in [0.05, 0.1) is 5.56 Å². The predicted octanol–water partition coefficient (Wildman–Crippen LogP) is 1.79. The van der Waals surface area contributed by atoms with Crippen LogP contribution < -0.4 is 5.73 Å². The fraction of sp³-hybridized carbons (Fsp3) is 0.364. The highest BCUT2D eigenvalue weighted by Crippen LogP contribution is 2.39. The average molecular weight is 191 g/mol. The van der Waals surface area contributed by atoms with Crippen molar-refractivity contribution in [3.05, 3.63) is 35.4 Å². The van der Waals surface area contributed by atoms with Gasteiger partial charge in [-0.05, 0) is 36.5 Å². The van der Waals surface area contributed by atoms with Gasteiger partial charge in [0.1, 0.15) is 0 Å². The van der Waals surface area contributed by atoms with Gasteiger partial charge < -0.3 is 10.8 Å². The highest BCUT2D eigenvalue weighted by Gasteiger charge is 2.29. The van der Waals surface area contributed by atoms with Gasteiger partial charge in [-0.3, -0.25) is 0 Å². The third kappa shape index (κ3) is 1.77. The maximum Gasteiger partial charge on any atom is 0.335 e. The number of nitrogens with two attached hydrogens (primary N) is 1. The summed E-state index contributed by atoms with van der Waals surface area (Å²) in [5.41, 5.74) is 7.23. The molecule has 0 aliphatic heterocycles. The zero-order valence-corrected chi connectivity index (χ0v) is 7.81. The molecule has 1 aromatic rings. The van der Waals surface area contributed by atoms with E-state index >= 15 is 0 Å². The van der Waals surface area contributed by atoms with Crippen LogP contribution in [0.5, 0.6) is 0 Å². The lowest BCUT2D eigenvalue weighted by Crippen LogP contribution is -2.13. The molecule has 3 nitrogen and oxygen atoms in total. The molecule has 1 atom stereocenters. The summed E-state index contributed by atoms with van der Waals surface area (Å²) in [5.74, 6) is -0.339. The second-order valence-electron chi connectivity index (χ2n) is 3.79. The maximum atomic E-state index is 10.7. The molecule has 1 saturated carbocycles. The molecule has 1 aromatic carbocycles. The maximum absolute atomic E-state index is 10.7. The Bertz CT molecular complexity index is 358. The van der Waals surface area contributed by atoms with E-state index in [9.17, 15) is 4.79 Å². The van der Waals surface area contributed by atoms with Gasteiger partial charge in [0.25, 0.3) is 0 Å². The first kappa shape index (κ1) is 9.21. The number of hydrogen-bond acceptors (Lipinski definition) is 2. The molecule has 0 aromatic heterocycles. The van der Waals surface area contributed by atoms with Crippen molar-refractivity contribution in [1.29, 1.82) is 0 Å². The van der Waals surface area contributed by atoms with Crippen LogP contribution in [0.4, 0.5) is 0 Å². The van der Waals surface area contributed by atoms with Gasteiger partial charge in [0.15, 0.2) is 0 Å². The van der Waals surface area contributed by atoms with E-state index in [4.69, 9.17) is 10.8 Å². The van der Waals surface area contributed by atoms with Crippen LogP contribution in [0, 0.1) is 5.92 Å². The quantitative estimate of drug-likeness (QED) is 0.765. The van der Waals surface area contributed by atoms with E-state index in [2.05, 4.69) is 0 Å². The first-order valence-electron chi connectivity index (χ1n) is 4.77. The van der Waals surface area contributed by atoms with Crippen LogP contribution in [-0.4, -0.2) is 11.1 Å². The lowest BCUT2D eigenvalue weighted by molar-refractivity contribution is 0.0696. The molecule has 2 rings (SSSR count). The Morgan fingerprint density at radius 3 is 2.79 bits per heavy atom. The molecule has 0 radical (unpaired) electrons. The molecule has 0 spiro atoms. The van der Waals surface area contributed by atoms with Crippen LogP contribution in [0.2, 0.25) is 0 Å². The zero-order valence-electron chi connectivity index (χ0n) is 7.81. The predicted molar refractivity (Wildman–Crippen MR) is 53.1 cm³/mol. The van der Waals surface area contributed by atoms with Crippen LogP contribution in [0.25, 0.3) is 0 Å². The van der Waals surface area contributed by atoms with E-state index in [0.717, 1.165) is 5.56 Å². The van der Waals surface area contributed by atoms with Crippen molar-refractivity contribution >= 4 is 5.97 Å². The average Bonchev–Trinajstić information content (AvgIpc) is 3.00. The molecule has 74 valence electrons. The summed E-state index contributed by atoms with van der Waals surface area (Å²) >= 11 is 0. The van der Waals surface area contributed by atoms with Gasteiger partial charge in [-0.2, -0.15) is 0 Å². The summed E-state index contributed by atoms with van der Waals surface area (Å²) in [6.45, 7) is 0. The van der Waals surface area contributed by atoms with Gasteiger partial charge >= 0.3 is 5.97 Å². The SMILES string of the molecule is N[C@H](c1cccc(C(=O)O)c1)C1CC1. The van der Waals surface area contributed by atoms with E-state index in [0.29, 0.717) is 11.5 Å². The summed E-state index contributed by atoms with van der Waals surface area (Å²) in [7, 11) is 0. The lowest BCUT2D eigenvalue weighted by Gasteiger charge is -2.10. The number of carboxylic acids is 1. The van der Waals surface area contributed by atoms with Gasteiger partial charge in [-0.1, -0.05) is 12.1 Å². The molecular formula is C11H13NO2. The van der Waals surface area contributed by atoms with Crippen LogP contribution in [0.15, 0.2) is 24.3 Å². The topological polar surface area (TPSA) is 63.3 Å². The standard InChI is InChI=1S/C11H13NO2/c12-10(7-4-5-7)8-2-1-3-9(6-8)11(13)14/h1-3,6-7,10H,4-5,12H2,(H,13,14)/t10-/m0/s1. The molecule has 1 aliphatic rings. The van der Waals surface area contributed by atoms with Gasteiger partial charge in [-0.25, -0.2) is 4.79 Å². The third-order valence-electron chi connectivity index (χ3n) is 2.65. The second kappa shape index (κ2) is 3.42. The summed E-state index contributed by atoms with van der Waals surface area (Å²) in [6, 6.07) is 6.92.